The second-order valence-corrected chi connectivity index (χ2v) is 2.81. The van der Waals surface area contributed by atoms with Crippen LogP contribution < -0.4 is 10.5 Å². The van der Waals surface area contributed by atoms with E-state index in [9.17, 15) is 13.9 Å². The molecule has 0 aliphatic carbocycles. The summed E-state index contributed by atoms with van der Waals surface area (Å²) in [6, 6.07) is 0.950. The van der Waals surface area contributed by atoms with Gasteiger partial charge < -0.3 is 15.6 Å². The number of alkyl halides is 1. The molecule has 0 spiro atoms. The Morgan fingerprint density at radius 1 is 1.57 bits per heavy atom. The normalized spacial score (nSPS) is 12.6. The van der Waals surface area contributed by atoms with E-state index in [0.29, 0.717) is 0 Å². The molecule has 0 aliphatic heterocycles. The van der Waals surface area contributed by atoms with Crippen molar-refractivity contribution >= 4 is 0 Å². The van der Waals surface area contributed by atoms with Gasteiger partial charge in [-0.1, -0.05) is 0 Å². The first kappa shape index (κ1) is 10.7. The lowest BCUT2D eigenvalue weighted by Crippen LogP contribution is -2.13. The summed E-state index contributed by atoms with van der Waals surface area (Å²) in [4.78, 5) is 0. The summed E-state index contributed by atoms with van der Waals surface area (Å²) >= 11 is 0. The number of aromatic hydroxyl groups is 1. The number of phenolic OH excluding ortho intramolecular Hbond substituents is 1. The third-order valence-corrected chi connectivity index (χ3v) is 1.85. The minimum absolute atomic E-state index is 0.00403. The van der Waals surface area contributed by atoms with Gasteiger partial charge in [0.1, 0.15) is 12.5 Å². The first-order chi connectivity index (χ1) is 6.60. The van der Waals surface area contributed by atoms with Crippen LogP contribution in [0.3, 0.4) is 0 Å². The van der Waals surface area contributed by atoms with Crippen molar-refractivity contribution in [3.63, 3.8) is 0 Å². The monoisotopic (exact) mass is 203 g/mol. The first-order valence-corrected chi connectivity index (χ1v) is 3.98. The molecule has 0 amide bonds. The molecule has 1 atom stereocenters. The summed E-state index contributed by atoms with van der Waals surface area (Å²) in [7, 11) is 1.28. The number of halogens is 2. The van der Waals surface area contributed by atoms with E-state index >= 15 is 0 Å². The van der Waals surface area contributed by atoms with E-state index in [0.717, 1.165) is 12.1 Å². The minimum atomic E-state index is -1.04. The molecule has 3 N–H and O–H groups in total. The van der Waals surface area contributed by atoms with E-state index in [4.69, 9.17) is 10.5 Å². The van der Waals surface area contributed by atoms with Crippen molar-refractivity contribution in [3.8, 4) is 11.5 Å². The van der Waals surface area contributed by atoms with E-state index in [2.05, 4.69) is 0 Å². The molecule has 0 saturated heterocycles. The molecule has 0 heterocycles. The van der Waals surface area contributed by atoms with Crippen molar-refractivity contribution in [2.24, 2.45) is 5.73 Å². The second-order valence-electron chi connectivity index (χ2n) is 2.81. The molecular formula is C9H11F2NO2. The Hall–Kier alpha value is -1.36. The van der Waals surface area contributed by atoms with E-state index in [1.807, 2.05) is 0 Å². The van der Waals surface area contributed by atoms with Gasteiger partial charge >= 0.3 is 0 Å². The number of benzene rings is 1. The van der Waals surface area contributed by atoms with Crippen molar-refractivity contribution in [2.45, 2.75) is 6.04 Å². The Bertz CT molecular complexity index is 331. The van der Waals surface area contributed by atoms with Crippen LogP contribution in [0.1, 0.15) is 11.6 Å². The van der Waals surface area contributed by atoms with Crippen LogP contribution in [0, 0.1) is 5.82 Å². The van der Waals surface area contributed by atoms with Gasteiger partial charge in [0, 0.05) is 11.6 Å². The molecule has 0 radical (unpaired) electrons. The highest BCUT2D eigenvalue weighted by atomic mass is 19.1. The van der Waals surface area contributed by atoms with Gasteiger partial charge in [-0.3, -0.25) is 0 Å². The number of nitrogens with two attached hydrogens (primary N) is 1. The summed E-state index contributed by atoms with van der Waals surface area (Å²) in [5, 5.41) is 9.48. The molecule has 14 heavy (non-hydrogen) atoms. The van der Waals surface area contributed by atoms with Crippen LogP contribution in [0.15, 0.2) is 12.1 Å². The van der Waals surface area contributed by atoms with E-state index < -0.39 is 18.5 Å². The molecule has 0 saturated carbocycles. The molecular weight excluding hydrogens is 192 g/mol. The van der Waals surface area contributed by atoms with Gasteiger partial charge in [-0.05, 0) is 6.07 Å². The Balaban J connectivity index is 3.21. The Morgan fingerprint density at radius 2 is 2.21 bits per heavy atom. The van der Waals surface area contributed by atoms with Crippen molar-refractivity contribution in [2.75, 3.05) is 13.8 Å². The maximum Gasteiger partial charge on any atom is 0.163 e. The molecule has 1 rings (SSSR count). The lowest BCUT2D eigenvalue weighted by atomic mass is 10.1. The first-order valence-electron chi connectivity index (χ1n) is 3.98. The second kappa shape index (κ2) is 4.23. The molecule has 0 unspecified atom stereocenters. The Labute approximate surface area is 80.1 Å². The highest BCUT2D eigenvalue weighted by molar-refractivity contribution is 5.47. The molecule has 0 bridgehead atoms. The van der Waals surface area contributed by atoms with Crippen LogP contribution in [-0.4, -0.2) is 18.9 Å². The molecule has 5 heteroatoms. The van der Waals surface area contributed by atoms with Gasteiger partial charge in [-0.2, -0.15) is 0 Å². The third-order valence-electron chi connectivity index (χ3n) is 1.85. The van der Waals surface area contributed by atoms with E-state index in [1.165, 1.54) is 7.11 Å². The smallest absolute Gasteiger partial charge is 0.163 e. The largest absolute Gasteiger partial charge is 0.504 e. The van der Waals surface area contributed by atoms with Crippen LogP contribution in [0.25, 0.3) is 0 Å². The fourth-order valence-electron chi connectivity index (χ4n) is 1.12. The Morgan fingerprint density at radius 3 is 2.71 bits per heavy atom. The minimum Gasteiger partial charge on any atom is -0.504 e. The predicted molar refractivity (Wildman–Crippen MR) is 47.5 cm³/mol. The highest BCUT2D eigenvalue weighted by Crippen LogP contribution is 2.33. The molecule has 0 aromatic heterocycles. The lowest BCUT2D eigenvalue weighted by molar-refractivity contribution is 0.358. The van der Waals surface area contributed by atoms with Gasteiger partial charge in [0.15, 0.2) is 11.5 Å². The van der Waals surface area contributed by atoms with Crippen molar-refractivity contribution in [3.05, 3.63) is 23.5 Å². The van der Waals surface area contributed by atoms with Crippen LogP contribution in [0.2, 0.25) is 0 Å². The summed E-state index contributed by atoms with van der Waals surface area (Å²) in [5.74, 6) is -0.999. The van der Waals surface area contributed by atoms with Crippen LogP contribution >= 0.6 is 0 Å². The maximum absolute atomic E-state index is 12.9. The number of methoxy groups -OCH3 is 1. The summed E-state index contributed by atoms with van der Waals surface area (Å²) in [6.07, 6.45) is 0. The number of phenols is 1. The van der Waals surface area contributed by atoms with Crippen LogP contribution in [0.5, 0.6) is 11.5 Å². The third kappa shape index (κ3) is 1.93. The molecule has 3 nitrogen and oxygen atoms in total. The van der Waals surface area contributed by atoms with E-state index in [1.54, 1.807) is 0 Å². The Kier molecular flexibility index (Phi) is 3.24. The van der Waals surface area contributed by atoms with Gasteiger partial charge in [0.25, 0.3) is 0 Å². The van der Waals surface area contributed by atoms with Crippen molar-refractivity contribution in [1.82, 2.24) is 0 Å². The van der Waals surface area contributed by atoms with Crippen LogP contribution in [0.4, 0.5) is 8.78 Å². The average molecular weight is 203 g/mol. The quantitative estimate of drug-likeness (QED) is 0.782. The average Bonchev–Trinajstić information content (AvgIpc) is 2.19. The maximum atomic E-state index is 12.9. The topological polar surface area (TPSA) is 55.5 Å². The standard InChI is InChI=1S/C9H11F2NO2/c1-14-8-3-5(11)2-6(9(8)13)7(12)4-10/h2-3,7,13H,4,12H2,1H3/t7-/m1/s1. The van der Waals surface area contributed by atoms with Gasteiger partial charge in [-0.25, -0.2) is 8.78 Å². The zero-order chi connectivity index (χ0) is 10.7. The fraction of sp³-hybridized carbons (Fsp3) is 0.333. The van der Waals surface area contributed by atoms with Crippen molar-refractivity contribution < 1.29 is 18.6 Å². The van der Waals surface area contributed by atoms with Crippen LogP contribution in [-0.2, 0) is 0 Å². The number of hydrogen-bond acceptors (Lipinski definition) is 3. The highest BCUT2D eigenvalue weighted by Gasteiger charge is 2.16. The van der Waals surface area contributed by atoms with Gasteiger partial charge in [0.2, 0.25) is 0 Å². The summed E-state index contributed by atoms with van der Waals surface area (Å²) < 4.78 is 29.8. The number of hydrogen-bond donors (Lipinski definition) is 2. The zero-order valence-electron chi connectivity index (χ0n) is 7.63. The number of ether oxygens (including phenoxy) is 1. The summed E-state index contributed by atoms with van der Waals surface area (Å²) in [5.41, 5.74) is 5.33. The molecule has 0 aliphatic rings. The van der Waals surface area contributed by atoms with Crippen molar-refractivity contribution in [1.29, 1.82) is 0 Å². The number of rotatable bonds is 3. The van der Waals surface area contributed by atoms with Gasteiger partial charge in [0.05, 0.1) is 13.2 Å². The lowest BCUT2D eigenvalue weighted by Gasteiger charge is -2.12. The fourth-order valence-corrected chi connectivity index (χ4v) is 1.12. The van der Waals surface area contributed by atoms with E-state index in [-0.39, 0.29) is 17.1 Å². The molecule has 1 aromatic rings. The molecule has 78 valence electrons. The molecule has 1 aromatic carbocycles. The SMILES string of the molecule is COc1cc(F)cc([C@H](N)CF)c1O. The summed E-state index contributed by atoms with van der Waals surface area (Å²) in [6.45, 7) is -0.875. The molecule has 0 fully saturated rings. The van der Waals surface area contributed by atoms with Gasteiger partial charge in [-0.15, -0.1) is 0 Å². The zero-order valence-corrected chi connectivity index (χ0v) is 7.63. The predicted octanol–water partition coefficient (Wildman–Crippen LogP) is 1.51.